The number of nitro benzene ring substituents is 1. The first-order valence-electron chi connectivity index (χ1n) is 10.4. The molecule has 3 aromatic carbocycles. The van der Waals surface area contributed by atoms with E-state index in [4.69, 9.17) is 16.3 Å². The summed E-state index contributed by atoms with van der Waals surface area (Å²) < 4.78 is 7.19. The zero-order valence-corrected chi connectivity index (χ0v) is 19.1. The summed E-state index contributed by atoms with van der Waals surface area (Å²) in [7, 11) is 0. The van der Waals surface area contributed by atoms with E-state index in [1.54, 1.807) is 28.9 Å². The first-order chi connectivity index (χ1) is 16.4. The molecule has 0 aliphatic rings. The van der Waals surface area contributed by atoms with Crippen LogP contribution in [0.3, 0.4) is 0 Å². The minimum atomic E-state index is -0.630. The summed E-state index contributed by atoms with van der Waals surface area (Å²) in [6.07, 6.45) is 0. The summed E-state index contributed by atoms with van der Waals surface area (Å²) in [5.74, 6) is 0.138. The zero-order chi connectivity index (χ0) is 24.2. The number of benzene rings is 3. The molecule has 1 heterocycles. The van der Waals surface area contributed by atoms with E-state index < -0.39 is 10.8 Å². The highest BCUT2D eigenvalue weighted by Crippen LogP contribution is 2.28. The number of aryl methyl sites for hydroxylation is 1. The molecule has 1 amide bonds. The number of halogens is 1. The van der Waals surface area contributed by atoms with Gasteiger partial charge in [-0.05, 0) is 55.8 Å². The van der Waals surface area contributed by atoms with E-state index in [1.807, 2.05) is 38.1 Å². The van der Waals surface area contributed by atoms with E-state index in [0.717, 1.165) is 22.9 Å². The summed E-state index contributed by atoms with van der Waals surface area (Å²) in [5.41, 5.74) is 2.98. The molecule has 0 saturated heterocycles. The smallest absolute Gasteiger partial charge is 0.336 e. The molecule has 4 aromatic rings. The SMILES string of the molecule is CCOc1nc(-c2ccccc2C)n(-c2ccc(NC(=O)c3ccc(Cl)c([N+](=O)[O-])c3)cc2)n1. The fourth-order valence-corrected chi connectivity index (χ4v) is 3.53. The van der Waals surface area contributed by atoms with Gasteiger partial charge in [0.25, 0.3) is 11.6 Å². The molecular formula is C24H20ClN5O4. The molecule has 0 unspecified atom stereocenters. The molecule has 34 heavy (non-hydrogen) atoms. The quantitative estimate of drug-likeness (QED) is 0.279. The predicted molar refractivity (Wildman–Crippen MR) is 129 cm³/mol. The van der Waals surface area contributed by atoms with Crippen LogP contribution in [-0.4, -0.2) is 32.2 Å². The molecule has 9 nitrogen and oxygen atoms in total. The van der Waals surface area contributed by atoms with Gasteiger partial charge in [0.15, 0.2) is 5.82 Å². The van der Waals surface area contributed by atoms with Crippen LogP contribution in [-0.2, 0) is 0 Å². The van der Waals surface area contributed by atoms with Crippen molar-refractivity contribution in [1.29, 1.82) is 0 Å². The minimum Gasteiger partial charge on any atom is -0.463 e. The Bertz CT molecular complexity index is 1370. The van der Waals surface area contributed by atoms with Crippen LogP contribution in [0.4, 0.5) is 11.4 Å². The van der Waals surface area contributed by atoms with E-state index in [1.165, 1.54) is 12.1 Å². The van der Waals surface area contributed by atoms with Gasteiger partial charge in [0.05, 0.1) is 17.2 Å². The molecule has 0 radical (unpaired) electrons. The summed E-state index contributed by atoms with van der Waals surface area (Å²) in [5, 5.41) is 18.3. The number of hydrogen-bond donors (Lipinski definition) is 1. The lowest BCUT2D eigenvalue weighted by molar-refractivity contribution is -0.384. The van der Waals surface area contributed by atoms with E-state index in [0.29, 0.717) is 18.1 Å². The van der Waals surface area contributed by atoms with Crippen LogP contribution < -0.4 is 10.1 Å². The maximum Gasteiger partial charge on any atom is 0.336 e. The molecule has 0 spiro atoms. The normalized spacial score (nSPS) is 10.7. The van der Waals surface area contributed by atoms with Gasteiger partial charge in [-0.15, -0.1) is 5.10 Å². The largest absolute Gasteiger partial charge is 0.463 e. The molecule has 0 atom stereocenters. The fourth-order valence-electron chi connectivity index (χ4n) is 3.34. The van der Waals surface area contributed by atoms with Gasteiger partial charge in [0.1, 0.15) is 5.02 Å². The fraction of sp³-hybridized carbons (Fsp3) is 0.125. The van der Waals surface area contributed by atoms with Crippen LogP contribution in [0, 0.1) is 17.0 Å². The van der Waals surface area contributed by atoms with Gasteiger partial charge in [-0.25, -0.2) is 4.68 Å². The van der Waals surface area contributed by atoms with E-state index in [9.17, 15) is 14.9 Å². The molecule has 0 aliphatic carbocycles. The lowest BCUT2D eigenvalue weighted by Gasteiger charge is -2.10. The zero-order valence-electron chi connectivity index (χ0n) is 18.4. The Morgan fingerprint density at radius 2 is 1.88 bits per heavy atom. The number of nitrogens with one attached hydrogen (secondary N) is 1. The van der Waals surface area contributed by atoms with Crippen LogP contribution in [0.15, 0.2) is 66.7 Å². The van der Waals surface area contributed by atoms with Crippen molar-refractivity contribution in [3.8, 4) is 23.1 Å². The number of anilines is 1. The summed E-state index contributed by atoms with van der Waals surface area (Å²) in [6, 6.07) is 19.0. The second-order valence-electron chi connectivity index (χ2n) is 7.30. The molecular weight excluding hydrogens is 458 g/mol. The van der Waals surface area contributed by atoms with Gasteiger partial charge in [0.2, 0.25) is 0 Å². The molecule has 10 heteroatoms. The van der Waals surface area contributed by atoms with Crippen molar-refractivity contribution in [2.45, 2.75) is 13.8 Å². The average molecular weight is 478 g/mol. The molecule has 0 fully saturated rings. The lowest BCUT2D eigenvalue weighted by Crippen LogP contribution is -2.12. The molecule has 1 N–H and O–H groups in total. The van der Waals surface area contributed by atoms with Crippen LogP contribution in [0.2, 0.25) is 5.02 Å². The Morgan fingerprint density at radius 3 is 2.56 bits per heavy atom. The Labute approximate surface area is 200 Å². The molecule has 0 saturated carbocycles. The Hall–Kier alpha value is -4.24. The third kappa shape index (κ3) is 4.74. The van der Waals surface area contributed by atoms with Crippen molar-refractivity contribution in [2.24, 2.45) is 0 Å². The van der Waals surface area contributed by atoms with Gasteiger partial charge < -0.3 is 10.1 Å². The third-order valence-electron chi connectivity index (χ3n) is 5.02. The second kappa shape index (κ2) is 9.72. The van der Waals surface area contributed by atoms with Crippen molar-refractivity contribution in [2.75, 3.05) is 11.9 Å². The van der Waals surface area contributed by atoms with Crippen molar-refractivity contribution in [3.63, 3.8) is 0 Å². The van der Waals surface area contributed by atoms with Crippen LogP contribution in [0.5, 0.6) is 6.01 Å². The first kappa shape index (κ1) is 22.9. The van der Waals surface area contributed by atoms with Crippen molar-refractivity contribution in [3.05, 3.63) is 93.0 Å². The van der Waals surface area contributed by atoms with Gasteiger partial charge in [0, 0.05) is 22.9 Å². The van der Waals surface area contributed by atoms with Gasteiger partial charge in [-0.3, -0.25) is 14.9 Å². The standard InChI is InChI=1S/C24H20ClN5O4/c1-3-34-24-27-22(19-7-5-4-6-15(19)2)29(28-24)18-11-9-17(10-12-18)26-23(31)16-8-13-20(25)21(14-16)30(32)33/h4-14H,3H2,1-2H3,(H,26,31). The maximum absolute atomic E-state index is 12.6. The highest BCUT2D eigenvalue weighted by atomic mass is 35.5. The summed E-state index contributed by atoms with van der Waals surface area (Å²) >= 11 is 5.82. The Balaban J connectivity index is 1.61. The van der Waals surface area contributed by atoms with E-state index in [-0.39, 0.29) is 22.3 Å². The van der Waals surface area contributed by atoms with Crippen molar-refractivity contribution >= 4 is 28.9 Å². The average Bonchev–Trinajstić information content (AvgIpc) is 3.23. The van der Waals surface area contributed by atoms with Crippen molar-refractivity contribution in [1.82, 2.24) is 14.8 Å². The third-order valence-corrected chi connectivity index (χ3v) is 5.34. The lowest BCUT2D eigenvalue weighted by atomic mass is 10.1. The molecule has 172 valence electrons. The second-order valence-corrected chi connectivity index (χ2v) is 7.71. The molecule has 0 aliphatic heterocycles. The number of carbonyl (C=O) groups excluding carboxylic acids is 1. The van der Waals surface area contributed by atoms with Crippen LogP contribution in [0.25, 0.3) is 17.1 Å². The van der Waals surface area contributed by atoms with E-state index in [2.05, 4.69) is 15.4 Å². The maximum atomic E-state index is 12.6. The van der Waals surface area contributed by atoms with Crippen LogP contribution >= 0.6 is 11.6 Å². The number of nitrogens with zero attached hydrogens (tertiary/aromatic N) is 4. The molecule has 0 bridgehead atoms. The monoisotopic (exact) mass is 477 g/mol. The molecule has 4 rings (SSSR count). The Kier molecular flexibility index (Phi) is 6.55. The van der Waals surface area contributed by atoms with Gasteiger partial charge >= 0.3 is 6.01 Å². The first-order valence-corrected chi connectivity index (χ1v) is 10.8. The molecule has 1 aromatic heterocycles. The number of nitro groups is 1. The summed E-state index contributed by atoms with van der Waals surface area (Å²) in [4.78, 5) is 27.6. The van der Waals surface area contributed by atoms with Crippen molar-refractivity contribution < 1.29 is 14.5 Å². The highest BCUT2D eigenvalue weighted by Gasteiger charge is 2.18. The number of amides is 1. The minimum absolute atomic E-state index is 0.0328. The number of rotatable bonds is 7. The number of carbonyl (C=O) groups is 1. The van der Waals surface area contributed by atoms with E-state index >= 15 is 0 Å². The number of hydrogen-bond acceptors (Lipinski definition) is 6. The highest BCUT2D eigenvalue weighted by molar-refractivity contribution is 6.32. The topological polar surface area (TPSA) is 112 Å². The Morgan fingerprint density at radius 1 is 1.15 bits per heavy atom. The number of aromatic nitrogens is 3. The summed E-state index contributed by atoms with van der Waals surface area (Å²) in [6.45, 7) is 4.29. The van der Waals surface area contributed by atoms with Crippen LogP contribution in [0.1, 0.15) is 22.8 Å². The van der Waals surface area contributed by atoms with Gasteiger partial charge in [-0.2, -0.15) is 4.98 Å². The number of ether oxygens (including phenoxy) is 1. The predicted octanol–water partition coefficient (Wildman–Crippen LogP) is 5.46. The van der Waals surface area contributed by atoms with Gasteiger partial charge in [-0.1, -0.05) is 35.9 Å².